The molecular formula is C16H12BrFN2S. The Balaban J connectivity index is 2.08. The molecule has 0 N–H and O–H groups in total. The first-order valence-electron chi connectivity index (χ1n) is 6.33. The molecule has 1 heterocycles. The van der Waals surface area contributed by atoms with Crippen LogP contribution >= 0.6 is 27.7 Å². The highest BCUT2D eigenvalue weighted by Crippen LogP contribution is 2.27. The van der Waals surface area contributed by atoms with Crippen molar-refractivity contribution < 1.29 is 4.39 Å². The van der Waals surface area contributed by atoms with Crippen molar-refractivity contribution in [3.63, 3.8) is 0 Å². The van der Waals surface area contributed by atoms with Crippen molar-refractivity contribution in [1.82, 2.24) is 9.78 Å². The minimum atomic E-state index is -0.254. The summed E-state index contributed by atoms with van der Waals surface area (Å²) in [4.78, 5) is 1.21. The van der Waals surface area contributed by atoms with Gasteiger partial charge in [-0.05, 0) is 64.7 Å². The Morgan fingerprint density at radius 3 is 2.33 bits per heavy atom. The number of benzene rings is 2. The van der Waals surface area contributed by atoms with E-state index in [9.17, 15) is 4.39 Å². The van der Waals surface area contributed by atoms with Gasteiger partial charge in [0, 0.05) is 10.5 Å². The van der Waals surface area contributed by atoms with Crippen LogP contribution < -0.4 is 0 Å². The second-order valence-corrected chi connectivity index (χ2v) is 6.16. The minimum Gasteiger partial charge on any atom is -0.232 e. The third-order valence-electron chi connectivity index (χ3n) is 3.14. The molecule has 0 atom stereocenters. The van der Waals surface area contributed by atoms with Gasteiger partial charge in [-0.2, -0.15) is 5.10 Å². The predicted octanol–water partition coefficient (Wildman–Crippen LogP) is 5.16. The van der Waals surface area contributed by atoms with E-state index < -0.39 is 0 Å². The lowest BCUT2D eigenvalue weighted by molar-refractivity contribution is 0.627. The number of nitrogens with zero attached hydrogens (tertiary/aromatic N) is 2. The topological polar surface area (TPSA) is 17.8 Å². The molecule has 0 aliphatic carbocycles. The average Bonchev–Trinajstić information content (AvgIpc) is 2.90. The lowest BCUT2D eigenvalue weighted by Gasteiger charge is -2.08. The van der Waals surface area contributed by atoms with Gasteiger partial charge in [-0.25, -0.2) is 9.07 Å². The maximum absolute atomic E-state index is 13.1. The van der Waals surface area contributed by atoms with Crippen LogP contribution in [0.3, 0.4) is 0 Å². The van der Waals surface area contributed by atoms with Gasteiger partial charge < -0.3 is 0 Å². The normalized spacial score (nSPS) is 10.8. The zero-order valence-corrected chi connectivity index (χ0v) is 13.7. The third-order valence-corrected chi connectivity index (χ3v) is 4.27. The predicted molar refractivity (Wildman–Crippen MR) is 88.4 cm³/mol. The van der Waals surface area contributed by atoms with Gasteiger partial charge in [0.05, 0.1) is 11.4 Å². The molecule has 0 unspecified atom stereocenters. The summed E-state index contributed by atoms with van der Waals surface area (Å²) in [6.45, 7) is 0. The van der Waals surface area contributed by atoms with E-state index in [0.717, 1.165) is 21.5 Å². The standard InChI is InChI=1S/C16H12BrFN2S/c1-21-14-8-2-11(3-9-14)15-10-16(17)19-20(15)13-6-4-12(18)5-7-13/h2-10H,1H3. The smallest absolute Gasteiger partial charge is 0.129 e. The molecule has 3 aromatic rings. The van der Waals surface area contributed by atoms with Crippen molar-refractivity contribution in [3.05, 3.63) is 65.0 Å². The zero-order valence-electron chi connectivity index (χ0n) is 11.3. The Morgan fingerprint density at radius 2 is 1.71 bits per heavy atom. The SMILES string of the molecule is CSc1ccc(-c2cc(Br)nn2-c2ccc(F)cc2)cc1. The van der Waals surface area contributed by atoms with Crippen LogP contribution in [0.15, 0.2) is 64.1 Å². The lowest BCUT2D eigenvalue weighted by atomic mass is 10.1. The van der Waals surface area contributed by atoms with Crippen LogP contribution in [0.5, 0.6) is 0 Å². The highest BCUT2D eigenvalue weighted by Gasteiger charge is 2.10. The molecule has 2 aromatic carbocycles. The van der Waals surface area contributed by atoms with Crippen LogP contribution in [-0.4, -0.2) is 16.0 Å². The Kier molecular flexibility index (Phi) is 4.12. The molecule has 1 aromatic heterocycles. The molecular weight excluding hydrogens is 351 g/mol. The van der Waals surface area contributed by atoms with E-state index in [2.05, 4.69) is 45.3 Å². The molecule has 2 nitrogen and oxygen atoms in total. The van der Waals surface area contributed by atoms with E-state index in [-0.39, 0.29) is 5.82 Å². The van der Waals surface area contributed by atoms with Gasteiger partial charge >= 0.3 is 0 Å². The molecule has 0 radical (unpaired) electrons. The summed E-state index contributed by atoms with van der Waals surface area (Å²) in [5.41, 5.74) is 2.85. The monoisotopic (exact) mass is 362 g/mol. The Hall–Kier alpha value is -1.59. The van der Waals surface area contributed by atoms with Crippen molar-refractivity contribution in [2.75, 3.05) is 6.26 Å². The van der Waals surface area contributed by atoms with Gasteiger partial charge in [0.1, 0.15) is 10.4 Å². The molecule has 0 bridgehead atoms. The molecule has 0 saturated carbocycles. The molecule has 0 aliphatic heterocycles. The van der Waals surface area contributed by atoms with E-state index in [0.29, 0.717) is 0 Å². The summed E-state index contributed by atoms with van der Waals surface area (Å²) in [6, 6.07) is 16.5. The largest absolute Gasteiger partial charge is 0.232 e. The van der Waals surface area contributed by atoms with Crippen LogP contribution in [-0.2, 0) is 0 Å². The van der Waals surface area contributed by atoms with Gasteiger partial charge in [-0.15, -0.1) is 11.8 Å². The molecule has 0 spiro atoms. The van der Waals surface area contributed by atoms with Gasteiger partial charge in [0.15, 0.2) is 0 Å². The first kappa shape index (κ1) is 14.4. The quantitative estimate of drug-likeness (QED) is 0.598. The van der Waals surface area contributed by atoms with Crippen LogP contribution in [0.4, 0.5) is 4.39 Å². The Bertz CT molecular complexity index is 751. The molecule has 106 valence electrons. The number of aromatic nitrogens is 2. The van der Waals surface area contributed by atoms with E-state index in [1.807, 2.05) is 12.3 Å². The minimum absolute atomic E-state index is 0.254. The van der Waals surface area contributed by atoms with E-state index in [4.69, 9.17) is 0 Å². The van der Waals surface area contributed by atoms with E-state index in [1.165, 1.54) is 17.0 Å². The fraction of sp³-hybridized carbons (Fsp3) is 0.0625. The fourth-order valence-corrected chi connectivity index (χ4v) is 2.88. The van der Waals surface area contributed by atoms with E-state index >= 15 is 0 Å². The summed E-state index contributed by atoms with van der Waals surface area (Å²) < 4.78 is 15.6. The lowest BCUT2D eigenvalue weighted by Crippen LogP contribution is -1.99. The molecule has 0 fully saturated rings. The summed E-state index contributed by atoms with van der Waals surface area (Å²) >= 11 is 5.12. The van der Waals surface area contributed by atoms with Gasteiger partial charge in [-0.1, -0.05) is 12.1 Å². The van der Waals surface area contributed by atoms with Crippen molar-refractivity contribution >= 4 is 27.7 Å². The molecule has 5 heteroatoms. The first-order valence-corrected chi connectivity index (χ1v) is 8.35. The fourth-order valence-electron chi connectivity index (χ4n) is 2.10. The third kappa shape index (κ3) is 3.04. The van der Waals surface area contributed by atoms with Crippen molar-refractivity contribution in [2.45, 2.75) is 4.90 Å². The van der Waals surface area contributed by atoms with Crippen LogP contribution in [0, 0.1) is 5.82 Å². The molecule has 0 saturated heterocycles. The average molecular weight is 363 g/mol. The number of thioether (sulfide) groups is 1. The maximum atomic E-state index is 13.1. The second-order valence-electron chi connectivity index (χ2n) is 4.47. The van der Waals surface area contributed by atoms with E-state index in [1.54, 1.807) is 28.6 Å². The summed E-state index contributed by atoms with van der Waals surface area (Å²) in [6.07, 6.45) is 2.05. The zero-order chi connectivity index (χ0) is 14.8. The Labute approximate surface area is 135 Å². The van der Waals surface area contributed by atoms with Crippen molar-refractivity contribution in [3.8, 4) is 16.9 Å². The van der Waals surface area contributed by atoms with Gasteiger partial charge in [0.2, 0.25) is 0 Å². The second kappa shape index (κ2) is 6.03. The molecule has 21 heavy (non-hydrogen) atoms. The van der Waals surface area contributed by atoms with Crippen LogP contribution in [0.2, 0.25) is 0 Å². The van der Waals surface area contributed by atoms with Gasteiger partial charge in [-0.3, -0.25) is 0 Å². The van der Waals surface area contributed by atoms with Crippen LogP contribution in [0.25, 0.3) is 16.9 Å². The highest BCUT2D eigenvalue weighted by atomic mass is 79.9. The first-order chi connectivity index (χ1) is 10.2. The molecule has 0 amide bonds. The van der Waals surface area contributed by atoms with Gasteiger partial charge in [0.25, 0.3) is 0 Å². The Morgan fingerprint density at radius 1 is 1.05 bits per heavy atom. The number of hydrogen-bond acceptors (Lipinski definition) is 2. The summed E-state index contributed by atoms with van der Waals surface area (Å²) in [5.74, 6) is -0.254. The molecule has 0 aliphatic rings. The summed E-state index contributed by atoms with van der Waals surface area (Å²) in [7, 11) is 0. The summed E-state index contributed by atoms with van der Waals surface area (Å²) in [5, 5.41) is 4.44. The number of rotatable bonds is 3. The highest BCUT2D eigenvalue weighted by molar-refractivity contribution is 9.10. The van der Waals surface area contributed by atoms with Crippen molar-refractivity contribution in [2.24, 2.45) is 0 Å². The molecule has 3 rings (SSSR count). The number of halogens is 2. The van der Waals surface area contributed by atoms with Crippen LogP contribution in [0.1, 0.15) is 0 Å². The van der Waals surface area contributed by atoms with Crippen molar-refractivity contribution in [1.29, 1.82) is 0 Å². The maximum Gasteiger partial charge on any atom is 0.129 e. The number of hydrogen-bond donors (Lipinski definition) is 0.